The summed E-state index contributed by atoms with van der Waals surface area (Å²) in [5.74, 6) is 0.508. The lowest BCUT2D eigenvalue weighted by atomic mass is 9.87. The smallest absolute Gasteiger partial charge is 0.126 e. The summed E-state index contributed by atoms with van der Waals surface area (Å²) < 4.78 is 19.2. The molecule has 21 heavy (non-hydrogen) atoms. The van der Waals surface area contributed by atoms with Crippen LogP contribution < -0.4 is 5.73 Å². The zero-order valence-corrected chi connectivity index (χ0v) is 13.1. The van der Waals surface area contributed by atoms with Gasteiger partial charge in [-0.1, -0.05) is 18.2 Å². The lowest BCUT2D eigenvalue weighted by Crippen LogP contribution is -2.56. The lowest BCUT2D eigenvalue weighted by molar-refractivity contribution is 0.0423. The molecule has 0 spiro atoms. The van der Waals surface area contributed by atoms with E-state index in [1.165, 1.54) is 6.07 Å². The van der Waals surface area contributed by atoms with E-state index in [1.54, 1.807) is 13.2 Å². The highest BCUT2D eigenvalue weighted by Gasteiger charge is 2.34. The van der Waals surface area contributed by atoms with Crippen molar-refractivity contribution in [2.75, 3.05) is 33.4 Å². The third-order valence-corrected chi connectivity index (χ3v) is 4.75. The molecular formula is C17H27FN2O. The fourth-order valence-electron chi connectivity index (χ4n) is 3.24. The Hall–Kier alpha value is -0.970. The SMILES string of the molecule is COCC1CCN(C(C)(CN)Cc2ccccc2F)CC1. The second-order valence-corrected chi connectivity index (χ2v) is 6.36. The first-order valence-electron chi connectivity index (χ1n) is 7.76. The number of nitrogens with zero attached hydrogens (tertiary/aromatic N) is 1. The molecule has 1 aromatic rings. The summed E-state index contributed by atoms with van der Waals surface area (Å²) in [5, 5.41) is 0. The molecule has 1 aromatic carbocycles. The molecule has 0 radical (unpaired) electrons. The molecule has 1 aliphatic heterocycles. The molecule has 1 fully saturated rings. The number of rotatable bonds is 6. The molecule has 4 heteroatoms. The van der Waals surface area contributed by atoms with Gasteiger partial charge in [-0.25, -0.2) is 4.39 Å². The molecule has 1 saturated heterocycles. The van der Waals surface area contributed by atoms with Crippen LogP contribution >= 0.6 is 0 Å². The van der Waals surface area contributed by atoms with Crippen LogP contribution in [0.4, 0.5) is 4.39 Å². The molecule has 0 amide bonds. The van der Waals surface area contributed by atoms with Crippen LogP contribution in [-0.4, -0.2) is 43.8 Å². The highest BCUT2D eigenvalue weighted by molar-refractivity contribution is 5.20. The Morgan fingerprint density at radius 3 is 2.57 bits per heavy atom. The fourth-order valence-corrected chi connectivity index (χ4v) is 3.24. The minimum absolute atomic E-state index is 0.133. The van der Waals surface area contributed by atoms with Crippen LogP contribution in [-0.2, 0) is 11.2 Å². The number of hydrogen-bond donors (Lipinski definition) is 1. The van der Waals surface area contributed by atoms with Crippen LogP contribution in [0.25, 0.3) is 0 Å². The van der Waals surface area contributed by atoms with Crippen molar-refractivity contribution in [3.05, 3.63) is 35.6 Å². The van der Waals surface area contributed by atoms with Gasteiger partial charge in [-0.15, -0.1) is 0 Å². The maximum absolute atomic E-state index is 13.9. The van der Waals surface area contributed by atoms with E-state index in [2.05, 4.69) is 11.8 Å². The summed E-state index contributed by atoms with van der Waals surface area (Å²) in [6, 6.07) is 7.01. The minimum Gasteiger partial charge on any atom is -0.384 e. The van der Waals surface area contributed by atoms with Crippen molar-refractivity contribution in [3.63, 3.8) is 0 Å². The number of hydrogen-bond acceptors (Lipinski definition) is 3. The van der Waals surface area contributed by atoms with Crippen molar-refractivity contribution in [3.8, 4) is 0 Å². The van der Waals surface area contributed by atoms with Gasteiger partial charge in [0.05, 0.1) is 0 Å². The number of piperidine rings is 1. The Labute approximate surface area is 127 Å². The van der Waals surface area contributed by atoms with Crippen molar-refractivity contribution in [1.29, 1.82) is 0 Å². The van der Waals surface area contributed by atoms with E-state index in [-0.39, 0.29) is 11.4 Å². The van der Waals surface area contributed by atoms with E-state index in [0.29, 0.717) is 18.9 Å². The average Bonchev–Trinajstić information content (AvgIpc) is 2.50. The monoisotopic (exact) mass is 294 g/mol. The summed E-state index contributed by atoms with van der Waals surface area (Å²) in [7, 11) is 1.76. The second-order valence-electron chi connectivity index (χ2n) is 6.36. The standard InChI is InChI=1S/C17H27FN2O/c1-17(13-19,11-15-5-3-4-6-16(15)18)20-9-7-14(8-10-20)12-21-2/h3-6,14H,7-13,19H2,1-2H3. The number of methoxy groups -OCH3 is 1. The molecule has 2 rings (SSSR count). The molecule has 0 bridgehead atoms. The summed E-state index contributed by atoms with van der Waals surface area (Å²) in [6.45, 7) is 5.54. The number of ether oxygens (including phenoxy) is 1. The molecule has 1 aliphatic rings. The lowest BCUT2D eigenvalue weighted by Gasteiger charge is -2.44. The predicted molar refractivity (Wildman–Crippen MR) is 83.7 cm³/mol. The summed E-state index contributed by atoms with van der Waals surface area (Å²) in [4.78, 5) is 2.42. The van der Waals surface area contributed by atoms with Gasteiger partial charge in [0.25, 0.3) is 0 Å². The molecule has 1 heterocycles. The second kappa shape index (κ2) is 7.34. The van der Waals surface area contributed by atoms with Gasteiger partial charge in [0.15, 0.2) is 0 Å². The topological polar surface area (TPSA) is 38.5 Å². The van der Waals surface area contributed by atoms with Gasteiger partial charge < -0.3 is 10.5 Å². The first kappa shape index (κ1) is 16.4. The maximum Gasteiger partial charge on any atom is 0.126 e. The van der Waals surface area contributed by atoms with E-state index < -0.39 is 0 Å². The number of nitrogens with two attached hydrogens (primary N) is 1. The Kier molecular flexibility index (Phi) is 5.73. The van der Waals surface area contributed by atoms with Gasteiger partial charge >= 0.3 is 0 Å². The Morgan fingerprint density at radius 2 is 2.00 bits per heavy atom. The first-order valence-corrected chi connectivity index (χ1v) is 7.76. The Bertz CT molecular complexity index is 446. The summed E-state index contributed by atoms with van der Waals surface area (Å²) >= 11 is 0. The van der Waals surface area contributed by atoms with Crippen LogP contribution in [0, 0.1) is 11.7 Å². The van der Waals surface area contributed by atoms with Crippen LogP contribution in [0.1, 0.15) is 25.3 Å². The van der Waals surface area contributed by atoms with Gasteiger partial charge in [0.1, 0.15) is 5.82 Å². The third-order valence-electron chi connectivity index (χ3n) is 4.75. The molecule has 1 unspecified atom stereocenters. The van der Waals surface area contributed by atoms with Crippen LogP contribution in [0.3, 0.4) is 0 Å². The fraction of sp³-hybridized carbons (Fsp3) is 0.647. The number of halogens is 1. The van der Waals surface area contributed by atoms with Gasteiger partial charge in [0, 0.05) is 25.8 Å². The van der Waals surface area contributed by atoms with Crippen LogP contribution in [0.5, 0.6) is 0 Å². The maximum atomic E-state index is 13.9. The Morgan fingerprint density at radius 1 is 1.33 bits per heavy atom. The van der Waals surface area contributed by atoms with E-state index in [9.17, 15) is 4.39 Å². The molecule has 3 nitrogen and oxygen atoms in total. The zero-order chi connectivity index (χ0) is 15.3. The molecular weight excluding hydrogens is 267 g/mol. The predicted octanol–water partition coefficient (Wildman–Crippen LogP) is 2.44. The van der Waals surface area contributed by atoms with E-state index in [0.717, 1.165) is 38.1 Å². The van der Waals surface area contributed by atoms with Gasteiger partial charge in [-0.2, -0.15) is 0 Å². The normalized spacial score (nSPS) is 20.4. The Balaban J connectivity index is 2.03. The molecule has 1 atom stereocenters. The molecule has 0 aromatic heterocycles. The van der Waals surface area contributed by atoms with Gasteiger partial charge in [-0.05, 0) is 56.8 Å². The van der Waals surface area contributed by atoms with Crippen LogP contribution in [0.15, 0.2) is 24.3 Å². The van der Waals surface area contributed by atoms with Gasteiger partial charge in [0.2, 0.25) is 0 Å². The van der Waals surface area contributed by atoms with E-state index in [1.807, 2.05) is 12.1 Å². The van der Waals surface area contributed by atoms with Crippen molar-refractivity contribution in [2.45, 2.75) is 31.7 Å². The highest BCUT2D eigenvalue weighted by atomic mass is 19.1. The average molecular weight is 294 g/mol. The van der Waals surface area contributed by atoms with Crippen molar-refractivity contribution >= 4 is 0 Å². The van der Waals surface area contributed by atoms with E-state index >= 15 is 0 Å². The first-order chi connectivity index (χ1) is 10.1. The third kappa shape index (κ3) is 4.02. The molecule has 2 N–H and O–H groups in total. The number of likely N-dealkylation sites (tertiary alicyclic amines) is 1. The summed E-state index contributed by atoms with van der Waals surface area (Å²) in [6.07, 6.45) is 2.91. The van der Waals surface area contributed by atoms with Crippen molar-refractivity contribution in [1.82, 2.24) is 4.90 Å². The number of benzene rings is 1. The van der Waals surface area contributed by atoms with E-state index in [4.69, 9.17) is 10.5 Å². The summed E-state index contributed by atoms with van der Waals surface area (Å²) in [5.41, 5.74) is 6.61. The molecule has 0 saturated carbocycles. The van der Waals surface area contributed by atoms with Gasteiger partial charge in [-0.3, -0.25) is 4.90 Å². The van der Waals surface area contributed by atoms with Crippen LogP contribution in [0.2, 0.25) is 0 Å². The molecule has 0 aliphatic carbocycles. The highest BCUT2D eigenvalue weighted by Crippen LogP contribution is 2.27. The minimum atomic E-state index is -0.180. The quantitative estimate of drug-likeness (QED) is 0.876. The van der Waals surface area contributed by atoms with Crippen molar-refractivity contribution in [2.24, 2.45) is 11.7 Å². The largest absolute Gasteiger partial charge is 0.384 e. The zero-order valence-electron chi connectivity index (χ0n) is 13.1. The molecule has 118 valence electrons. The van der Waals surface area contributed by atoms with Crippen molar-refractivity contribution < 1.29 is 9.13 Å².